The third-order valence-corrected chi connectivity index (χ3v) is 4.31. The quantitative estimate of drug-likeness (QED) is 0.888. The van der Waals surface area contributed by atoms with Crippen molar-refractivity contribution in [1.29, 1.82) is 0 Å². The number of carbonyl (C=O) groups is 1. The summed E-state index contributed by atoms with van der Waals surface area (Å²) in [5.41, 5.74) is 7.51. The van der Waals surface area contributed by atoms with E-state index in [1.165, 1.54) is 11.3 Å². The molecule has 5 heteroatoms. The Balaban J connectivity index is 2.26. The van der Waals surface area contributed by atoms with Gasteiger partial charge in [-0.25, -0.2) is 0 Å². The van der Waals surface area contributed by atoms with E-state index in [-0.39, 0.29) is 5.91 Å². The average Bonchev–Trinajstić information content (AvgIpc) is 2.74. The van der Waals surface area contributed by atoms with Gasteiger partial charge in [0.05, 0.1) is 5.41 Å². The van der Waals surface area contributed by atoms with Crippen LogP contribution in [0.1, 0.15) is 18.9 Å². The summed E-state index contributed by atoms with van der Waals surface area (Å²) in [4.78, 5) is 13.8. The van der Waals surface area contributed by atoms with E-state index in [4.69, 9.17) is 5.73 Å². The molecule has 2 rings (SSSR count). The molecule has 1 aromatic rings. The molecule has 19 heavy (non-hydrogen) atoms. The van der Waals surface area contributed by atoms with E-state index in [9.17, 15) is 4.79 Å². The van der Waals surface area contributed by atoms with Gasteiger partial charge in [0.2, 0.25) is 5.91 Å². The lowest BCUT2D eigenvalue weighted by atomic mass is 9.89. The van der Waals surface area contributed by atoms with Crippen LogP contribution in [0.15, 0.2) is 22.7 Å². The highest BCUT2D eigenvalue weighted by Gasteiger charge is 2.39. The molecule has 1 aromatic carbocycles. The molecule has 3 N–H and O–H groups in total. The monoisotopic (exact) mass is 325 g/mol. The number of hydrogen-bond acceptors (Lipinski definition) is 3. The Hall–Kier alpha value is -1.07. The first-order chi connectivity index (χ1) is 8.96. The molecule has 1 heterocycles. The van der Waals surface area contributed by atoms with Gasteiger partial charge < -0.3 is 16.0 Å². The molecule has 0 bridgehead atoms. The third kappa shape index (κ3) is 2.92. The topological polar surface area (TPSA) is 58.4 Å². The van der Waals surface area contributed by atoms with Crippen LogP contribution in [0.25, 0.3) is 0 Å². The zero-order valence-electron chi connectivity index (χ0n) is 11.4. The molecule has 1 fully saturated rings. The maximum atomic E-state index is 11.5. The van der Waals surface area contributed by atoms with Crippen LogP contribution in [0.4, 0.5) is 5.69 Å². The van der Waals surface area contributed by atoms with Crippen molar-refractivity contribution < 1.29 is 4.79 Å². The van der Waals surface area contributed by atoms with Crippen LogP contribution in [-0.2, 0) is 11.3 Å². The van der Waals surface area contributed by atoms with E-state index < -0.39 is 5.41 Å². The number of nitrogens with two attached hydrogens (primary N) is 1. The number of halogens is 1. The van der Waals surface area contributed by atoms with Crippen LogP contribution >= 0.6 is 15.9 Å². The molecular formula is C14H20BrN3O. The summed E-state index contributed by atoms with van der Waals surface area (Å²) < 4.78 is 1.07. The summed E-state index contributed by atoms with van der Waals surface area (Å²) in [6.45, 7) is 4.32. The Morgan fingerprint density at radius 3 is 2.89 bits per heavy atom. The molecule has 1 aliphatic rings. The van der Waals surface area contributed by atoms with Crippen LogP contribution in [0.5, 0.6) is 0 Å². The van der Waals surface area contributed by atoms with Crippen LogP contribution in [0.3, 0.4) is 0 Å². The lowest BCUT2D eigenvalue weighted by Crippen LogP contribution is -2.37. The first-order valence-electron chi connectivity index (χ1n) is 6.44. The molecule has 0 radical (unpaired) electrons. The number of primary amides is 1. The Morgan fingerprint density at radius 2 is 2.32 bits per heavy atom. The molecule has 1 unspecified atom stereocenters. The second kappa shape index (κ2) is 5.51. The average molecular weight is 326 g/mol. The van der Waals surface area contributed by atoms with Crippen molar-refractivity contribution in [1.82, 2.24) is 5.32 Å². The van der Waals surface area contributed by atoms with Crippen molar-refractivity contribution in [3.05, 3.63) is 28.2 Å². The number of carbonyl (C=O) groups excluding carboxylic acids is 1. The van der Waals surface area contributed by atoms with Crippen molar-refractivity contribution in [2.75, 3.05) is 25.0 Å². The zero-order valence-corrected chi connectivity index (χ0v) is 13.0. The smallest absolute Gasteiger partial charge is 0.225 e. The summed E-state index contributed by atoms with van der Waals surface area (Å²) in [7, 11) is 1.93. The molecule has 0 aromatic heterocycles. The van der Waals surface area contributed by atoms with Gasteiger partial charge in [-0.2, -0.15) is 0 Å². The highest BCUT2D eigenvalue weighted by atomic mass is 79.9. The van der Waals surface area contributed by atoms with Gasteiger partial charge in [0, 0.05) is 29.8 Å². The van der Waals surface area contributed by atoms with E-state index in [1.807, 2.05) is 20.0 Å². The fourth-order valence-electron chi connectivity index (χ4n) is 2.56. The standard InChI is InChI=1S/C14H20BrN3O/c1-14(13(16)19)5-6-18(9-14)12-4-3-11(15)7-10(12)8-17-2/h3-4,7,17H,5-6,8-9H2,1-2H3,(H2,16,19). The molecule has 4 nitrogen and oxygen atoms in total. The van der Waals surface area contributed by atoms with Gasteiger partial charge in [0.25, 0.3) is 0 Å². The molecule has 1 aliphatic heterocycles. The number of hydrogen-bond donors (Lipinski definition) is 2. The lowest BCUT2D eigenvalue weighted by molar-refractivity contribution is -0.125. The Labute approximate surface area is 122 Å². The van der Waals surface area contributed by atoms with Crippen LogP contribution in [-0.4, -0.2) is 26.0 Å². The summed E-state index contributed by atoms with van der Waals surface area (Å²) >= 11 is 3.50. The fourth-order valence-corrected chi connectivity index (χ4v) is 2.97. The first-order valence-corrected chi connectivity index (χ1v) is 7.23. The van der Waals surface area contributed by atoms with Crippen molar-refractivity contribution in [3.8, 4) is 0 Å². The predicted octanol–water partition coefficient (Wildman–Crippen LogP) is 1.87. The van der Waals surface area contributed by atoms with E-state index >= 15 is 0 Å². The molecular weight excluding hydrogens is 306 g/mol. The van der Waals surface area contributed by atoms with Gasteiger partial charge in [0.1, 0.15) is 0 Å². The van der Waals surface area contributed by atoms with Crippen LogP contribution < -0.4 is 16.0 Å². The molecule has 0 aliphatic carbocycles. The first kappa shape index (κ1) is 14.3. The van der Waals surface area contributed by atoms with E-state index in [0.717, 1.165) is 24.0 Å². The van der Waals surface area contributed by atoms with Gasteiger partial charge in [-0.05, 0) is 44.2 Å². The second-order valence-corrected chi connectivity index (χ2v) is 6.32. The number of nitrogens with one attached hydrogen (secondary N) is 1. The minimum atomic E-state index is -0.413. The van der Waals surface area contributed by atoms with E-state index in [1.54, 1.807) is 0 Å². The highest BCUT2D eigenvalue weighted by molar-refractivity contribution is 9.10. The highest BCUT2D eigenvalue weighted by Crippen LogP contribution is 2.35. The minimum absolute atomic E-state index is 0.206. The Kier molecular flexibility index (Phi) is 4.16. The van der Waals surface area contributed by atoms with Crippen LogP contribution in [0.2, 0.25) is 0 Å². The Bertz CT molecular complexity index is 492. The van der Waals surface area contributed by atoms with Gasteiger partial charge in [-0.3, -0.25) is 4.79 Å². The second-order valence-electron chi connectivity index (χ2n) is 5.40. The summed E-state index contributed by atoms with van der Waals surface area (Å²) in [6.07, 6.45) is 0.817. The van der Waals surface area contributed by atoms with Gasteiger partial charge in [0.15, 0.2) is 0 Å². The fraction of sp³-hybridized carbons (Fsp3) is 0.500. The molecule has 0 spiro atoms. The molecule has 104 valence electrons. The van der Waals surface area contributed by atoms with Gasteiger partial charge in [-0.1, -0.05) is 15.9 Å². The number of benzene rings is 1. The number of nitrogens with zero attached hydrogens (tertiary/aromatic N) is 1. The normalized spacial score (nSPS) is 22.8. The number of anilines is 1. The molecule has 1 saturated heterocycles. The van der Waals surface area contributed by atoms with Crippen molar-refractivity contribution >= 4 is 27.5 Å². The van der Waals surface area contributed by atoms with Crippen molar-refractivity contribution in [2.45, 2.75) is 19.9 Å². The summed E-state index contributed by atoms with van der Waals surface area (Å²) in [5, 5.41) is 3.18. The molecule has 1 amide bonds. The number of rotatable bonds is 4. The van der Waals surface area contributed by atoms with Gasteiger partial charge >= 0.3 is 0 Å². The zero-order chi connectivity index (χ0) is 14.0. The molecule has 0 saturated carbocycles. The summed E-state index contributed by atoms with van der Waals surface area (Å²) in [5.74, 6) is -0.206. The largest absolute Gasteiger partial charge is 0.370 e. The van der Waals surface area contributed by atoms with Crippen LogP contribution in [0, 0.1) is 5.41 Å². The maximum Gasteiger partial charge on any atom is 0.225 e. The molecule has 1 atom stereocenters. The third-order valence-electron chi connectivity index (χ3n) is 3.82. The van der Waals surface area contributed by atoms with E-state index in [2.05, 4.69) is 38.3 Å². The predicted molar refractivity (Wildman–Crippen MR) is 81.0 cm³/mol. The van der Waals surface area contributed by atoms with Gasteiger partial charge in [-0.15, -0.1) is 0 Å². The SMILES string of the molecule is CNCc1cc(Br)ccc1N1CCC(C)(C(N)=O)C1. The lowest BCUT2D eigenvalue weighted by Gasteiger charge is -2.25. The number of amides is 1. The van der Waals surface area contributed by atoms with Crippen molar-refractivity contribution in [3.63, 3.8) is 0 Å². The summed E-state index contributed by atoms with van der Waals surface area (Å²) in [6, 6.07) is 6.25. The Morgan fingerprint density at radius 1 is 1.58 bits per heavy atom. The van der Waals surface area contributed by atoms with Crippen molar-refractivity contribution in [2.24, 2.45) is 11.1 Å². The van der Waals surface area contributed by atoms with E-state index in [0.29, 0.717) is 6.54 Å². The maximum absolute atomic E-state index is 11.5. The minimum Gasteiger partial charge on any atom is -0.370 e.